The van der Waals surface area contributed by atoms with Crippen LogP contribution in [-0.4, -0.2) is 51.6 Å². The first-order chi connectivity index (χ1) is 17.9. The molecular weight excluding hydrogens is 473 g/mol. The molecule has 37 heavy (non-hydrogen) atoms. The number of hydrogen-bond acceptors (Lipinski definition) is 5. The summed E-state index contributed by atoms with van der Waals surface area (Å²) in [6, 6.07) is 10.8. The van der Waals surface area contributed by atoms with Crippen molar-refractivity contribution in [2.24, 2.45) is 5.92 Å². The molecule has 0 saturated heterocycles. The van der Waals surface area contributed by atoms with Crippen molar-refractivity contribution in [3.05, 3.63) is 58.9 Å². The van der Waals surface area contributed by atoms with Gasteiger partial charge in [-0.2, -0.15) is 0 Å². The second-order valence-electron chi connectivity index (χ2n) is 9.97. The average molecular weight is 516 g/mol. The van der Waals surface area contributed by atoms with Crippen LogP contribution in [0.5, 0.6) is 11.5 Å². The first kappa shape index (κ1) is 28.9. The molecule has 3 atom stereocenters. The highest BCUT2D eigenvalue weighted by Crippen LogP contribution is 2.50. The van der Waals surface area contributed by atoms with E-state index in [-0.39, 0.29) is 11.7 Å². The van der Waals surface area contributed by atoms with Crippen molar-refractivity contribution >= 4 is 5.97 Å². The molecule has 2 aromatic carbocycles. The number of aliphatic carboxylic acids is 1. The van der Waals surface area contributed by atoms with Crippen LogP contribution in [-0.2, 0) is 27.8 Å². The van der Waals surface area contributed by atoms with Gasteiger partial charge >= 0.3 is 5.97 Å². The highest BCUT2D eigenvalue weighted by atomic mass is 19.1. The Hall–Kier alpha value is -2.64. The van der Waals surface area contributed by atoms with E-state index in [1.165, 1.54) is 18.7 Å². The lowest BCUT2D eigenvalue weighted by Gasteiger charge is -2.48. The van der Waals surface area contributed by atoms with E-state index in [9.17, 15) is 14.3 Å². The van der Waals surface area contributed by atoms with Gasteiger partial charge in [-0.25, -0.2) is 9.18 Å². The third kappa shape index (κ3) is 6.63. The van der Waals surface area contributed by atoms with Crippen LogP contribution in [0.3, 0.4) is 0 Å². The lowest BCUT2D eigenvalue weighted by Crippen LogP contribution is -2.53. The Kier molecular flexibility index (Phi) is 10.8. The molecule has 2 N–H and O–H groups in total. The fraction of sp³-hybridized carbons (Fsp3) is 0.567. The molecule has 0 spiro atoms. The topological polar surface area (TPSA) is 77.0 Å². The van der Waals surface area contributed by atoms with Crippen molar-refractivity contribution in [3.8, 4) is 11.5 Å². The van der Waals surface area contributed by atoms with Crippen LogP contribution in [0.1, 0.15) is 62.1 Å². The quantitative estimate of drug-likeness (QED) is 0.303. The fourth-order valence-corrected chi connectivity index (χ4v) is 6.11. The minimum absolute atomic E-state index is 0.122. The fourth-order valence-electron chi connectivity index (χ4n) is 6.11. The number of aryl methyl sites for hydroxylation is 2. The van der Waals surface area contributed by atoms with Gasteiger partial charge in [-0.1, -0.05) is 31.9 Å². The van der Waals surface area contributed by atoms with E-state index in [4.69, 9.17) is 14.2 Å². The monoisotopic (exact) mass is 515 g/mol. The summed E-state index contributed by atoms with van der Waals surface area (Å²) in [6.07, 6.45) is 5.87. The van der Waals surface area contributed by atoms with E-state index in [0.29, 0.717) is 6.42 Å². The predicted molar refractivity (Wildman–Crippen MR) is 143 cm³/mol. The summed E-state index contributed by atoms with van der Waals surface area (Å²) in [5, 5.41) is 13.7. The second kappa shape index (κ2) is 13.8. The minimum Gasteiger partial charge on any atom is -0.493 e. The van der Waals surface area contributed by atoms with E-state index in [0.717, 1.165) is 80.7 Å². The van der Waals surface area contributed by atoms with Crippen LogP contribution >= 0.6 is 0 Å². The Labute approximate surface area is 220 Å². The van der Waals surface area contributed by atoms with E-state index in [2.05, 4.69) is 18.3 Å². The number of hydrogen-bond donors (Lipinski definition) is 2. The van der Waals surface area contributed by atoms with Gasteiger partial charge in [0.25, 0.3) is 0 Å². The molecule has 0 heterocycles. The number of benzene rings is 2. The molecule has 6 nitrogen and oxygen atoms in total. The maximum atomic E-state index is 14.1. The molecule has 204 valence electrons. The highest BCUT2D eigenvalue weighted by molar-refractivity contribution is 5.75. The van der Waals surface area contributed by atoms with Gasteiger partial charge in [0.15, 0.2) is 17.6 Å². The first-order valence-electron chi connectivity index (χ1n) is 13.4. The number of ether oxygens (including phenoxy) is 3. The Morgan fingerprint density at radius 1 is 1.11 bits per heavy atom. The molecule has 2 aromatic rings. The van der Waals surface area contributed by atoms with Gasteiger partial charge in [0, 0.05) is 12.5 Å². The van der Waals surface area contributed by atoms with Crippen molar-refractivity contribution < 1.29 is 28.5 Å². The first-order valence-corrected chi connectivity index (χ1v) is 13.4. The van der Waals surface area contributed by atoms with Gasteiger partial charge in [0.2, 0.25) is 0 Å². The smallest absolute Gasteiger partial charge is 0.333 e. The third-order valence-corrected chi connectivity index (χ3v) is 7.87. The van der Waals surface area contributed by atoms with Gasteiger partial charge in [-0.3, -0.25) is 0 Å². The second-order valence-corrected chi connectivity index (χ2v) is 9.97. The lowest BCUT2D eigenvalue weighted by atomic mass is 9.57. The number of nitrogens with one attached hydrogen (secondary N) is 1. The van der Waals surface area contributed by atoms with Crippen molar-refractivity contribution in [1.29, 1.82) is 0 Å². The zero-order valence-corrected chi connectivity index (χ0v) is 22.6. The Bertz CT molecular complexity index is 1030. The van der Waals surface area contributed by atoms with Crippen LogP contribution in [0.4, 0.5) is 4.39 Å². The summed E-state index contributed by atoms with van der Waals surface area (Å²) in [7, 11) is 4.75. The van der Waals surface area contributed by atoms with E-state index in [1.54, 1.807) is 26.4 Å². The molecule has 0 aliphatic heterocycles. The summed E-state index contributed by atoms with van der Waals surface area (Å²) >= 11 is 0. The van der Waals surface area contributed by atoms with Crippen LogP contribution in [0.2, 0.25) is 0 Å². The maximum absolute atomic E-state index is 14.1. The number of carboxylic acid groups (broad SMARTS) is 1. The predicted octanol–water partition coefficient (Wildman–Crippen LogP) is 5.55. The van der Waals surface area contributed by atoms with Crippen molar-refractivity contribution in [3.63, 3.8) is 0 Å². The van der Waals surface area contributed by atoms with E-state index >= 15 is 0 Å². The van der Waals surface area contributed by atoms with Gasteiger partial charge in [-0.15, -0.1) is 0 Å². The number of fused-ring (bicyclic) bond motifs is 1. The molecule has 0 amide bonds. The zero-order chi connectivity index (χ0) is 26.8. The molecule has 0 radical (unpaired) electrons. The molecule has 0 aromatic heterocycles. The van der Waals surface area contributed by atoms with Gasteiger partial charge in [0.05, 0.1) is 14.2 Å². The molecule has 1 aliphatic rings. The molecule has 0 fully saturated rings. The number of methoxy groups -OCH3 is 3. The SMILES string of the molecule is CCCCC1(C(OC)C(=O)O)c2ccc(F)cc2CCC1CCNCCCc1ccc(OC)c(OC)c1. The van der Waals surface area contributed by atoms with Crippen LogP contribution in [0, 0.1) is 11.7 Å². The lowest BCUT2D eigenvalue weighted by molar-refractivity contribution is -0.156. The van der Waals surface area contributed by atoms with Crippen LogP contribution in [0.25, 0.3) is 0 Å². The largest absolute Gasteiger partial charge is 0.493 e. The summed E-state index contributed by atoms with van der Waals surface area (Å²) in [5.74, 6) is 0.352. The molecule has 0 bridgehead atoms. The van der Waals surface area contributed by atoms with Crippen molar-refractivity contribution in [2.75, 3.05) is 34.4 Å². The molecule has 1 aliphatic carbocycles. The minimum atomic E-state index is -0.974. The Morgan fingerprint density at radius 2 is 1.89 bits per heavy atom. The number of carboxylic acids is 1. The molecule has 3 rings (SSSR count). The van der Waals surface area contributed by atoms with Gasteiger partial charge in [-0.05, 0) is 98.5 Å². The summed E-state index contributed by atoms with van der Waals surface area (Å²) in [4.78, 5) is 12.4. The number of rotatable bonds is 15. The maximum Gasteiger partial charge on any atom is 0.333 e. The summed E-state index contributed by atoms with van der Waals surface area (Å²) < 4.78 is 30.5. The Balaban J connectivity index is 1.69. The number of unbranched alkanes of at least 4 members (excludes halogenated alkanes) is 1. The number of halogens is 1. The molecule has 7 heteroatoms. The van der Waals surface area contributed by atoms with E-state index < -0.39 is 17.5 Å². The van der Waals surface area contributed by atoms with Crippen LogP contribution < -0.4 is 14.8 Å². The Morgan fingerprint density at radius 3 is 2.57 bits per heavy atom. The van der Waals surface area contributed by atoms with Gasteiger partial charge < -0.3 is 24.6 Å². The van der Waals surface area contributed by atoms with Crippen molar-refractivity contribution in [2.45, 2.75) is 69.8 Å². The average Bonchev–Trinajstić information content (AvgIpc) is 2.90. The molecule has 0 saturated carbocycles. The standard InChI is InChI=1S/C30H42FNO5/c1-5-6-16-30(28(37-4)29(33)34)23(11-10-22-20-24(31)12-13-25(22)30)15-18-32-17-7-8-21-9-14-26(35-2)27(19-21)36-3/h9,12-14,19-20,23,28,32H,5-8,10-11,15-18H2,1-4H3,(H,33,34). The van der Waals surface area contributed by atoms with Crippen molar-refractivity contribution in [1.82, 2.24) is 5.32 Å². The molecule has 3 unspecified atom stereocenters. The summed E-state index contributed by atoms with van der Waals surface area (Å²) in [6.45, 7) is 3.76. The van der Waals surface area contributed by atoms with E-state index in [1.807, 2.05) is 12.1 Å². The zero-order valence-electron chi connectivity index (χ0n) is 22.6. The number of carbonyl (C=O) groups is 1. The summed E-state index contributed by atoms with van der Waals surface area (Å²) in [5.41, 5.74) is 2.37. The highest BCUT2D eigenvalue weighted by Gasteiger charge is 2.52. The van der Waals surface area contributed by atoms with Crippen LogP contribution in [0.15, 0.2) is 36.4 Å². The third-order valence-electron chi connectivity index (χ3n) is 7.87. The molecular formula is C30H42FNO5. The van der Waals surface area contributed by atoms with Gasteiger partial charge in [0.1, 0.15) is 5.82 Å². The normalized spacial score (nSPS) is 19.8.